The van der Waals surface area contributed by atoms with Gasteiger partial charge in [0.2, 0.25) is 0 Å². The number of aromatic amines is 1. The summed E-state index contributed by atoms with van der Waals surface area (Å²) in [5, 5.41) is 7.28. The number of carbonyl (C=O) groups is 1. The normalized spacial score (nSPS) is 11.3. The van der Waals surface area contributed by atoms with Crippen molar-refractivity contribution in [1.82, 2.24) is 15.3 Å². The van der Waals surface area contributed by atoms with Gasteiger partial charge >= 0.3 is 0 Å². The summed E-state index contributed by atoms with van der Waals surface area (Å²) in [7, 11) is 3.36. The van der Waals surface area contributed by atoms with Crippen molar-refractivity contribution < 1.29 is 18.0 Å². The number of H-pyrrole nitrogens is 1. The monoisotopic (exact) mass is 508 g/mol. The fourth-order valence-corrected chi connectivity index (χ4v) is 4.73. The minimum Gasteiger partial charge on any atom is -0.455 e. The smallest absolute Gasteiger partial charge is 0.255 e. The molecule has 8 heteroatoms. The summed E-state index contributed by atoms with van der Waals surface area (Å²) < 4.78 is 33.4. The Morgan fingerprint density at radius 3 is 2.45 bits per heavy atom. The molecule has 0 spiro atoms. The Kier molecular flexibility index (Phi) is 5.64. The number of fused-ring (bicyclic) bond motifs is 2. The van der Waals surface area contributed by atoms with Crippen molar-refractivity contribution in [2.75, 3.05) is 19.4 Å². The van der Waals surface area contributed by atoms with Crippen LogP contribution < -0.4 is 10.6 Å². The molecule has 0 bridgehead atoms. The molecule has 1 amide bonds. The van der Waals surface area contributed by atoms with Gasteiger partial charge in [-0.3, -0.25) is 9.78 Å². The molecule has 3 aromatic carbocycles. The van der Waals surface area contributed by atoms with E-state index in [2.05, 4.69) is 20.6 Å². The average molecular weight is 509 g/mol. The quantitative estimate of drug-likeness (QED) is 0.234. The lowest BCUT2D eigenvalue weighted by Gasteiger charge is -2.11. The number of furan rings is 1. The van der Waals surface area contributed by atoms with Crippen LogP contribution in [0.2, 0.25) is 0 Å². The standard InChI is InChI=1S/C30H22F2N4O2/c1-33-24-15-27-22(28(30(37)34-2)29(38-27)16-3-5-19(31)6-4-16)14-21(24)17-9-10-35-25(12-17)26-13-18-11-20(32)7-8-23(18)36-26/h3-15,33,36H,1-2H3,(H,34,37). The van der Waals surface area contributed by atoms with E-state index in [1.54, 1.807) is 31.4 Å². The maximum atomic E-state index is 13.7. The number of hydrogen-bond acceptors (Lipinski definition) is 4. The van der Waals surface area contributed by atoms with Gasteiger partial charge in [-0.25, -0.2) is 8.78 Å². The number of nitrogens with zero attached hydrogens (tertiary/aromatic N) is 1. The van der Waals surface area contributed by atoms with Gasteiger partial charge in [0.05, 0.1) is 17.0 Å². The third kappa shape index (κ3) is 3.96. The summed E-state index contributed by atoms with van der Waals surface area (Å²) in [6.07, 6.45) is 1.71. The Hall–Kier alpha value is -4.98. The Morgan fingerprint density at radius 2 is 1.68 bits per heavy atom. The molecule has 3 N–H and O–H groups in total. The molecule has 188 valence electrons. The number of anilines is 1. The predicted octanol–water partition coefficient (Wildman–Crippen LogP) is 6.99. The lowest BCUT2D eigenvalue weighted by molar-refractivity contribution is 0.0964. The third-order valence-corrected chi connectivity index (χ3v) is 6.59. The van der Waals surface area contributed by atoms with Gasteiger partial charge in [-0.1, -0.05) is 0 Å². The molecule has 0 fully saturated rings. The van der Waals surface area contributed by atoms with E-state index in [9.17, 15) is 13.6 Å². The predicted molar refractivity (Wildman–Crippen MR) is 145 cm³/mol. The highest BCUT2D eigenvalue weighted by Crippen LogP contribution is 2.40. The van der Waals surface area contributed by atoms with Gasteiger partial charge in [0.15, 0.2) is 0 Å². The molecule has 6 aromatic rings. The summed E-state index contributed by atoms with van der Waals surface area (Å²) in [6.45, 7) is 0. The van der Waals surface area contributed by atoms with Crippen LogP contribution in [0.15, 0.2) is 83.4 Å². The molecule has 0 saturated carbocycles. The van der Waals surface area contributed by atoms with Gasteiger partial charge in [-0.15, -0.1) is 0 Å². The van der Waals surface area contributed by atoms with Gasteiger partial charge in [-0.05, 0) is 72.3 Å². The average Bonchev–Trinajstić information content (AvgIpc) is 3.53. The van der Waals surface area contributed by atoms with E-state index in [1.165, 1.54) is 24.3 Å². The van der Waals surface area contributed by atoms with Crippen LogP contribution in [-0.4, -0.2) is 30.0 Å². The van der Waals surface area contributed by atoms with Crippen LogP contribution in [0.1, 0.15) is 10.4 Å². The minimum atomic E-state index is -0.375. The number of hydrogen-bond donors (Lipinski definition) is 3. The van der Waals surface area contributed by atoms with Crippen LogP contribution in [0.3, 0.4) is 0 Å². The van der Waals surface area contributed by atoms with Gasteiger partial charge < -0.3 is 20.0 Å². The number of pyridine rings is 1. The molecule has 0 aliphatic heterocycles. The second-order valence-corrected chi connectivity index (χ2v) is 8.88. The molecular formula is C30H22F2N4O2. The molecule has 0 radical (unpaired) electrons. The van der Waals surface area contributed by atoms with Crippen molar-refractivity contribution in [3.05, 3.63) is 96.2 Å². The lowest BCUT2D eigenvalue weighted by atomic mass is 9.98. The number of halogens is 2. The number of nitrogens with one attached hydrogen (secondary N) is 3. The van der Waals surface area contributed by atoms with E-state index in [0.29, 0.717) is 33.6 Å². The zero-order chi connectivity index (χ0) is 26.4. The molecule has 3 aromatic heterocycles. The van der Waals surface area contributed by atoms with Crippen LogP contribution in [0.25, 0.3) is 55.7 Å². The number of rotatable bonds is 5. The van der Waals surface area contributed by atoms with Crippen molar-refractivity contribution in [3.63, 3.8) is 0 Å². The second kappa shape index (κ2) is 9.15. The highest BCUT2D eigenvalue weighted by Gasteiger charge is 2.23. The molecule has 6 nitrogen and oxygen atoms in total. The maximum absolute atomic E-state index is 13.7. The molecule has 0 unspecified atom stereocenters. The highest BCUT2D eigenvalue weighted by molar-refractivity contribution is 6.12. The van der Waals surface area contributed by atoms with Crippen LogP contribution in [0.5, 0.6) is 0 Å². The van der Waals surface area contributed by atoms with Crippen molar-refractivity contribution in [2.24, 2.45) is 0 Å². The van der Waals surface area contributed by atoms with E-state index in [-0.39, 0.29) is 17.5 Å². The Balaban J connectivity index is 1.52. The number of aromatic nitrogens is 2. The second-order valence-electron chi connectivity index (χ2n) is 8.88. The first-order valence-electron chi connectivity index (χ1n) is 12.0. The first kappa shape index (κ1) is 23.4. The van der Waals surface area contributed by atoms with Crippen LogP contribution in [0, 0.1) is 11.6 Å². The number of carbonyl (C=O) groups excluding carboxylic acids is 1. The van der Waals surface area contributed by atoms with E-state index in [4.69, 9.17) is 4.42 Å². The van der Waals surface area contributed by atoms with Crippen LogP contribution in [-0.2, 0) is 0 Å². The van der Waals surface area contributed by atoms with Crippen molar-refractivity contribution >= 4 is 33.5 Å². The first-order valence-corrected chi connectivity index (χ1v) is 12.0. The molecule has 0 aliphatic carbocycles. The summed E-state index contributed by atoms with van der Waals surface area (Å²) in [6, 6.07) is 19.8. The first-order chi connectivity index (χ1) is 18.4. The van der Waals surface area contributed by atoms with Crippen LogP contribution in [0.4, 0.5) is 14.5 Å². The Morgan fingerprint density at radius 1 is 0.895 bits per heavy atom. The Labute approximate surface area is 216 Å². The zero-order valence-corrected chi connectivity index (χ0v) is 20.5. The van der Waals surface area contributed by atoms with E-state index in [0.717, 1.165) is 33.4 Å². The van der Waals surface area contributed by atoms with Gasteiger partial charge in [-0.2, -0.15) is 0 Å². The molecule has 3 heterocycles. The third-order valence-electron chi connectivity index (χ3n) is 6.59. The largest absolute Gasteiger partial charge is 0.455 e. The van der Waals surface area contributed by atoms with Gasteiger partial charge in [0.1, 0.15) is 23.0 Å². The zero-order valence-electron chi connectivity index (χ0n) is 20.5. The maximum Gasteiger partial charge on any atom is 0.255 e. The fourth-order valence-electron chi connectivity index (χ4n) is 4.73. The number of benzene rings is 3. The lowest BCUT2D eigenvalue weighted by Crippen LogP contribution is -2.18. The Bertz CT molecular complexity index is 1840. The summed E-state index contributed by atoms with van der Waals surface area (Å²) in [4.78, 5) is 20.8. The summed E-state index contributed by atoms with van der Waals surface area (Å²) in [5.41, 5.74) is 6.22. The molecule has 0 saturated heterocycles. The van der Waals surface area contributed by atoms with E-state index in [1.807, 2.05) is 37.4 Å². The minimum absolute atomic E-state index is 0.302. The molecule has 6 rings (SSSR count). The summed E-state index contributed by atoms with van der Waals surface area (Å²) in [5.74, 6) is -0.630. The van der Waals surface area contributed by atoms with Crippen molar-refractivity contribution in [3.8, 4) is 33.8 Å². The van der Waals surface area contributed by atoms with Gasteiger partial charge in [0, 0.05) is 59.5 Å². The van der Waals surface area contributed by atoms with E-state index < -0.39 is 0 Å². The topological polar surface area (TPSA) is 82.9 Å². The van der Waals surface area contributed by atoms with Crippen LogP contribution >= 0.6 is 0 Å². The molecule has 0 atom stereocenters. The fraction of sp³-hybridized carbons (Fsp3) is 0.0667. The SMILES string of the molecule is CNC(=O)c1c(-c2ccc(F)cc2)oc2cc(NC)c(-c3ccnc(-c4cc5cc(F)ccc5[nH]4)c3)cc12. The summed E-state index contributed by atoms with van der Waals surface area (Å²) >= 11 is 0. The molecule has 0 aliphatic rings. The van der Waals surface area contributed by atoms with Crippen molar-refractivity contribution in [1.29, 1.82) is 0 Å². The molecule has 38 heavy (non-hydrogen) atoms. The van der Waals surface area contributed by atoms with Gasteiger partial charge in [0.25, 0.3) is 5.91 Å². The highest BCUT2D eigenvalue weighted by atomic mass is 19.1. The van der Waals surface area contributed by atoms with E-state index >= 15 is 0 Å². The molecular weight excluding hydrogens is 486 g/mol. The van der Waals surface area contributed by atoms with Crippen molar-refractivity contribution in [2.45, 2.75) is 0 Å². The number of amides is 1.